The predicted molar refractivity (Wildman–Crippen MR) is 80.0 cm³/mol. The van der Waals surface area contributed by atoms with Gasteiger partial charge >= 0.3 is 12.0 Å². The molecule has 1 heterocycles. The Bertz CT molecular complexity index is 491. The number of carbonyl (C=O) groups excluding carboxylic acids is 1. The number of urea groups is 1. The van der Waals surface area contributed by atoms with Crippen LogP contribution in [-0.4, -0.2) is 23.1 Å². The van der Waals surface area contributed by atoms with E-state index in [2.05, 4.69) is 10.6 Å². The average Bonchev–Trinajstić information content (AvgIpc) is 2.70. The maximum Gasteiger partial charge on any atom is 0.326 e. The molecule has 0 radical (unpaired) electrons. The molecule has 20 heavy (non-hydrogen) atoms. The third-order valence-corrected chi connectivity index (χ3v) is 4.11. The van der Waals surface area contributed by atoms with E-state index >= 15 is 0 Å². The van der Waals surface area contributed by atoms with Gasteiger partial charge < -0.3 is 15.7 Å². The number of amides is 2. The quantitative estimate of drug-likeness (QED) is 0.799. The predicted octanol–water partition coefficient (Wildman–Crippen LogP) is 2.92. The van der Waals surface area contributed by atoms with Gasteiger partial charge in [0.15, 0.2) is 0 Å². The minimum atomic E-state index is -1.03. The molecule has 0 aliphatic rings. The van der Waals surface area contributed by atoms with Crippen molar-refractivity contribution < 1.29 is 14.7 Å². The third-order valence-electron chi connectivity index (χ3n) is 2.92. The molecule has 0 saturated heterocycles. The van der Waals surface area contributed by atoms with Gasteiger partial charge in [-0.2, -0.15) is 0 Å². The van der Waals surface area contributed by atoms with Crippen molar-refractivity contribution in [1.82, 2.24) is 10.6 Å². The first-order valence-electron chi connectivity index (χ1n) is 6.47. The summed E-state index contributed by atoms with van der Waals surface area (Å²) in [4.78, 5) is 25.3. The number of aliphatic carboxylic acids is 1. The van der Waals surface area contributed by atoms with Crippen LogP contribution in [0.15, 0.2) is 12.1 Å². The number of rotatable bonds is 4. The van der Waals surface area contributed by atoms with Crippen molar-refractivity contribution in [3.63, 3.8) is 0 Å². The minimum absolute atomic E-state index is 0.150. The van der Waals surface area contributed by atoms with Gasteiger partial charge in [-0.25, -0.2) is 9.59 Å². The zero-order valence-electron chi connectivity index (χ0n) is 12.5. The lowest BCUT2D eigenvalue weighted by atomic mass is 9.87. The highest BCUT2D eigenvalue weighted by molar-refractivity contribution is 7.12. The van der Waals surface area contributed by atoms with E-state index in [1.54, 1.807) is 32.1 Å². The highest BCUT2D eigenvalue weighted by Gasteiger charge is 2.32. The molecule has 0 spiro atoms. The van der Waals surface area contributed by atoms with Crippen molar-refractivity contribution >= 4 is 23.3 Å². The summed E-state index contributed by atoms with van der Waals surface area (Å²) in [6, 6.07) is 2.41. The van der Waals surface area contributed by atoms with Crippen molar-refractivity contribution in [3.8, 4) is 0 Å². The molecule has 0 fully saturated rings. The molecule has 0 aliphatic heterocycles. The van der Waals surface area contributed by atoms with Gasteiger partial charge in [-0.1, -0.05) is 20.8 Å². The number of hydrogen-bond donors (Lipinski definition) is 3. The molecule has 6 heteroatoms. The van der Waals surface area contributed by atoms with E-state index < -0.39 is 23.5 Å². The van der Waals surface area contributed by atoms with Crippen LogP contribution in [0, 0.1) is 12.3 Å². The first-order valence-corrected chi connectivity index (χ1v) is 7.29. The topological polar surface area (TPSA) is 78.4 Å². The molecule has 2 amide bonds. The lowest BCUT2D eigenvalue weighted by molar-refractivity contribution is -0.141. The molecule has 1 aromatic heterocycles. The van der Waals surface area contributed by atoms with Gasteiger partial charge in [0.25, 0.3) is 0 Å². The Balaban J connectivity index is 2.65. The van der Waals surface area contributed by atoms with Crippen LogP contribution in [0.1, 0.15) is 43.5 Å². The van der Waals surface area contributed by atoms with Gasteiger partial charge in [-0.3, -0.25) is 0 Å². The van der Waals surface area contributed by atoms with E-state index in [-0.39, 0.29) is 6.04 Å². The van der Waals surface area contributed by atoms with Crippen molar-refractivity contribution in [2.75, 3.05) is 0 Å². The largest absolute Gasteiger partial charge is 0.480 e. The van der Waals surface area contributed by atoms with Gasteiger partial charge in [0.1, 0.15) is 6.04 Å². The number of aryl methyl sites for hydroxylation is 1. The molecule has 2 atom stereocenters. The Labute approximate surface area is 123 Å². The van der Waals surface area contributed by atoms with Crippen LogP contribution in [-0.2, 0) is 4.79 Å². The van der Waals surface area contributed by atoms with Crippen LogP contribution in [0.3, 0.4) is 0 Å². The average molecular weight is 298 g/mol. The van der Waals surface area contributed by atoms with Gasteiger partial charge in [-0.15, -0.1) is 11.3 Å². The van der Waals surface area contributed by atoms with Gasteiger partial charge in [0.05, 0.1) is 6.04 Å². The van der Waals surface area contributed by atoms with Crippen molar-refractivity contribution in [2.24, 2.45) is 5.41 Å². The Morgan fingerprint density at radius 3 is 2.25 bits per heavy atom. The summed E-state index contributed by atoms with van der Waals surface area (Å²) in [5.74, 6) is -1.03. The van der Waals surface area contributed by atoms with Gasteiger partial charge in [-0.05, 0) is 31.4 Å². The summed E-state index contributed by atoms with van der Waals surface area (Å²) in [5, 5.41) is 14.5. The van der Waals surface area contributed by atoms with E-state index in [4.69, 9.17) is 0 Å². The summed E-state index contributed by atoms with van der Waals surface area (Å²) < 4.78 is 0. The normalized spacial score (nSPS) is 14.4. The smallest absolute Gasteiger partial charge is 0.326 e. The minimum Gasteiger partial charge on any atom is -0.480 e. The highest BCUT2D eigenvalue weighted by Crippen LogP contribution is 2.23. The van der Waals surface area contributed by atoms with Gasteiger partial charge in [0, 0.05) is 9.75 Å². The standard InChI is InChI=1S/C14H22N2O3S/c1-8-6-7-10(20-8)9(2)15-13(19)16-11(12(17)18)14(3,4)5/h6-7,9,11H,1-5H3,(H,17,18)(H2,15,16,19)/t9?,11-/m1/s1. The molecule has 112 valence electrons. The molecule has 0 aromatic carbocycles. The lowest BCUT2D eigenvalue weighted by Crippen LogP contribution is -2.52. The van der Waals surface area contributed by atoms with Crippen molar-refractivity contribution in [2.45, 2.75) is 46.7 Å². The Morgan fingerprint density at radius 2 is 1.85 bits per heavy atom. The Hall–Kier alpha value is -1.56. The Kier molecular flexibility index (Phi) is 5.16. The maximum atomic E-state index is 11.9. The van der Waals surface area contributed by atoms with Crippen molar-refractivity contribution in [3.05, 3.63) is 21.9 Å². The van der Waals surface area contributed by atoms with E-state index in [1.807, 2.05) is 26.0 Å². The molecule has 0 saturated carbocycles. The fraction of sp³-hybridized carbons (Fsp3) is 0.571. The van der Waals surface area contributed by atoms with Crippen LogP contribution < -0.4 is 10.6 Å². The van der Waals surface area contributed by atoms with Crippen LogP contribution >= 0.6 is 11.3 Å². The maximum absolute atomic E-state index is 11.9. The van der Waals surface area contributed by atoms with Crippen molar-refractivity contribution in [1.29, 1.82) is 0 Å². The second-order valence-electron chi connectivity index (χ2n) is 5.93. The van der Waals surface area contributed by atoms with E-state index in [9.17, 15) is 14.7 Å². The molecule has 1 rings (SSSR count). The molecule has 1 aromatic rings. The lowest BCUT2D eigenvalue weighted by Gasteiger charge is -2.28. The number of nitrogens with one attached hydrogen (secondary N) is 2. The third kappa shape index (κ3) is 4.52. The van der Waals surface area contributed by atoms with Crippen LogP contribution in [0.5, 0.6) is 0 Å². The van der Waals surface area contributed by atoms with E-state index in [0.717, 1.165) is 4.88 Å². The molecule has 0 bridgehead atoms. The number of hydrogen-bond acceptors (Lipinski definition) is 3. The summed E-state index contributed by atoms with van der Waals surface area (Å²) in [7, 11) is 0. The molecule has 5 nitrogen and oxygen atoms in total. The second-order valence-corrected chi connectivity index (χ2v) is 7.24. The number of thiophene rings is 1. The number of carboxylic acid groups (broad SMARTS) is 1. The monoisotopic (exact) mass is 298 g/mol. The SMILES string of the molecule is Cc1ccc(C(C)NC(=O)N[C@H](C(=O)O)C(C)(C)C)s1. The molecular formula is C14H22N2O3S. The number of carboxylic acids is 1. The van der Waals surface area contributed by atoms with E-state index in [0.29, 0.717) is 0 Å². The molecule has 0 aliphatic carbocycles. The Morgan fingerprint density at radius 1 is 1.25 bits per heavy atom. The van der Waals surface area contributed by atoms with Crippen LogP contribution in [0.2, 0.25) is 0 Å². The van der Waals surface area contributed by atoms with Crippen LogP contribution in [0.4, 0.5) is 4.79 Å². The van der Waals surface area contributed by atoms with Gasteiger partial charge in [0.2, 0.25) is 0 Å². The van der Waals surface area contributed by atoms with E-state index in [1.165, 1.54) is 4.88 Å². The van der Waals surface area contributed by atoms with Crippen LogP contribution in [0.25, 0.3) is 0 Å². The second kappa shape index (κ2) is 6.26. The molecule has 1 unspecified atom stereocenters. The fourth-order valence-corrected chi connectivity index (χ4v) is 2.66. The first kappa shape index (κ1) is 16.5. The zero-order valence-corrected chi connectivity index (χ0v) is 13.3. The summed E-state index contributed by atoms with van der Waals surface area (Å²) in [5.41, 5.74) is -0.550. The first-order chi connectivity index (χ1) is 9.11. The summed E-state index contributed by atoms with van der Waals surface area (Å²) >= 11 is 1.61. The molecule has 3 N–H and O–H groups in total. The number of carbonyl (C=O) groups is 2. The molecular weight excluding hydrogens is 276 g/mol. The summed E-state index contributed by atoms with van der Waals surface area (Å²) in [6.07, 6.45) is 0. The highest BCUT2D eigenvalue weighted by atomic mass is 32.1. The summed E-state index contributed by atoms with van der Waals surface area (Å²) in [6.45, 7) is 9.20. The zero-order chi connectivity index (χ0) is 15.5. The fourth-order valence-electron chi connectivity index (χ4n) is 1.78.